The van der Waals surface area contributed by atoms with E-state index in [9.17, 15) is 13.2 Å². The summed E-state index contributed by atoms with van der Waals surface area (Å²) in [5, 5.41) is 2.39. The van der Waals surface area contributed by atoms with Crippen molar-refractivity contribution in [1.29, 1.82) is 0 Å². The molecule has 190 valence electrons. The summed E-state index contributed by atoms with van der Waals surface area (Å²) in [4.78, 5) is 18.0. The monoisotopic (exact) mass is 517 g/mol. The third-order valence-corrected chi connectivity index (χ3v) is 10.3. The molecular formula is C27H36ClN3O3S. The Bertz CT molecular complexity index is 1150. The Balaban J connectivity index is 1.16. The summed E-state index contributed by atoms with van der Waals surface area (Å²) < 4.78 is 28.1. The summed E-state index contributed by atoms with van der Waals surface area (Å²) in [5.74, 6) is 0.289. The van der Waals surface area contributed by atoms with E-state index in [1.807, 2.05) is 17.0 Å². The van der Waals surface area contributed by atoms with Crippen LogP contribution in [-0.2, 0) is 14.8 Å². The van der Waals surface area contributed by atoms with Crippen LogP contribution >= 0.6 is 11.6 Å². The molecule has 5 rings (SSSR count). The Morgan fingerprint density at radius 3 is 2.09 bits per heavy atom. The molecule has 0 bridgehead atoms. The zero-order chi connectivity index (χ0) is 24.4. The van der Waals surface area contributed by atoms with Crippen LogP contribution in [-0.4, -0.2) is 73.7 Å². The molecule has 0 N–H and O–H groups in total. The molecule has 2 aromatic carbocycles. The molecule has 35 heavy (non-hydrogen) atoms. The molecule has 1 amide bonds. The molecule has 6 nitrogen and oxygen atoms in total. The van der Waals surface area contributed by atoms with Crippen molar-refractivity contribution >= 4 is 38.3 Å². The largest absolute Gasteiger partial charge is 0.340 e. The van der Waals surface area contributed by atoms with Crippen molar-refractivity contribution in [2.75, 3.05) is 39.3 Å². The van der Waals surface area contributed by atoms with Gasteiger partial charge in [0.25, 0.3) is 0 Å². The lowest BCUT2D eigenvalue weighted by Crippen LogP contribution is -2.53. The molecule has 2 aromatic rings. The summed E-state index contributed by atoms with van der Waals surface area (Å²) in [6, 6.07) is 11.3. The number of piperazine rings is 1. The molecule has 3 aliphatic rings. The van der Waals surface area contributed by atoms with E-state index in [2.05, 4.69) is 4.90 Å². The number of benzene rings is 2. The Morgan fingerprint density at radius 1 is 0.771 bits per heavy atom. The Morgan fingerprint density at radius 2 is 1.40 bits per heavy atom. The molecule has 1 aliphatic carbocycles. The number of sulfonamides is 1. The third-order valence-electron chi connectivity index (χ3n) is 8.18. The first-order valence-electron chi connectivity index (χ1n) is 13.1. The lowest BCUT2D eigenvalue weighted by molar-refractivity contribution is -0.138. The van der Waals surface area contributed by atoms with Crippen molar-refractivity contribution < 1.29 is 13.2 Å². The van der Waals surface area contributed by atoms with E-state index in [4.69, 9.17) is 11.6 Å². The number of fused-ring (bicyclic) bond motifs is 1. The highest BCUT2D eigenvalue weighted by atomic mass is 35.5. The fourth-order valence-electron chi connectivity index (χ4n) is 6.05. The lowest BCUT2D eigenvalue weighted by Gasteiger charge is -2.40. The fourth-order valence-corrected chi connectivity index (χ4v) is 7.68. The zero-order valence-corrected chi connectivity index (χ0v) is 21.9. The van der Waals surface area contributed by atoms with Gasteiger partial charge in [0, 0.05) is 43.2 Å². The van der Waals surface area contributed by atoms with Crippen molar-refractivity contribution in [1.82, 2.24) is 14.1 Å². The first-order valence-corrected chi connectivity index (χ1v) is 15.0. The summed E-state index contributed by atoms with van der Waals surface area (Å²) in [6.45, 7) is 3.64. The molecule has 2 saturated heterocycles. The highest BCUT2D eigenvalue weighted by Gasteiger charge is 2.35. The van der Waals surface area contributed by atoms with E-state index in [0.717, 1.165) is 36.7 Å². The second kappa shape index (κ2) is 10.8. The molecule has 0 radical (unpaired) electrons. The van der Waals surface area contributed by atoms with Crippen LogP contribution in [0.15, 0.2) is 41.3 Å². The minimum absolute atomic E-state index is 0.0764. The van der Waals surface area contributed by atoms with Crippen LogP contribution < -0.4 is 0 Å². The topological polar surface area (TPSA) is 60.9 Å². The second-order valence-electron chi connectivity index (χ2n) is 10.3. The van der Waals surface area contributed by atoms with Crippen molar-refractivity contribution in [2.24, 2.45) is 5.92 Å². The van der Waals surface area contributed by atoms with Gasteiger partial charge in [0.1, 0.15) is 0 Å². The summed E-state index contributed by atoms with van der Waals surface area (Å²) in [6.07, 6.45) is 9.87. The highest BCUT2D eigenvalue weighted by Crippen LogP contribution is 2.29. The molecular weight excluding hydrogens is 482 g/mol. The lowest BCUT2D eigenvalue weighted by atomic mass is 9.93. The number of rotatable bonds is 4. The summed E-state index contributed by atoms with van der Waals surface area (Å²) in [7, 11) is -3.60. The van der Waals surface area contributed by atoms with Gasteiger partial charge in [-0.1, -0.05) is 49.4 Å². The Kier molecular flexibility index (Phi) is 7.68. The molecule has 2 aliphatic heterocycles. The van der Waals surface area contributed by atoms with Crippen molar-refractivity contribution in [2.45, 2.75) is 62.3 Å². The smallest absolute Gasteiger partial charge is 0.243 e. The van der Waals surface area contributed by atoms with E-state index in [0.29, 0.717) is 37.2 Å². The van der Waals surface area contributed by atoms with Gasteiger partial charge >= 0.3 is 0 Å². The minimum atomic E-state index is -3.60. The van der Waals surface area contributed by atoms with Gasteiger partial charge in [0.05, 0.1) is 4.90 Å². The van der Waals surface area contributed by atoms with Crippen LogP contribution in [0, 0.1) is 5.92 Å². The maximum absolute atomic E-state index is 13.3. The van der Waals surface area contributed by atoms with Gasteiger partial charge in [-0.25, -0.2) is 8.42 Å². The SMILES string of the molecule is O=C(C1CCN(C2CCCCCC2)CC1)N1CCN(S(=O)(=O)c2ccc3cc(Cl)ccc3c2)CC1. The number of piperidine rings is 1. The normalized spacial score (nSPS) is 22.4. The highest BCUT2D eigenvalue weighted by molar-refractivity contribution is 7.89. The minimum Gasteiger partial charge on any atom is -0.340 e. The van der Waals surface area contributed by atoms with E-state index in [1.54, 1.807) is 24.3 Å². The molecule has 0 unspecified atom stereocenters. The Hall–Kier alpha value is -1.67. The molecule has 0 atom stereocenters. The summed E-state index contributed by atoms with van der Waals surface area (Å²) in [5.41, 5.74) is 0. The maximum atomic E-state index is 13.3. The van der Waals surface area contributed by atoms with Gasteiger partial charge in [0.2, 0.25) is 15.9 Å². The molecule has 8 heteroatoms. The van der Waals surface area contributed by atoms with Gasteiger partial charge in [-0.2, -0.15) is 4.31 Å². The number of carbonyl (C=O) groups excluding carboxylic acids is 1. The molecule has 1 saturated carbocycles. The standard InChI is InChI=1S/C27H36ClN3O3S/c28-24-9-7-23-20-26(10-8-22(23)19-24)35(33,34)31-17-15-30(16-18-31)27(32)21-11-13-29(14-12-21)25-5-3-1-2-4-6-25/h7-10,19-21,25H,1-6,11-18H2. The molecule has 2 heterocycles. The maximum Gasteiger partial charge on any atom is 0.243 e. The van der Waals surface area contributed by atoms with E-state index in [1.165, 1.54) is 42.8 Å². The number of amides is 1. The predicted molar refractivity (Wildman–Crippen MR) is 140 cm³/mol. The molecule has 3 fully saturated rings. The first kappa shape index (κ1) is 25.0. The van der Waals surface area contributed by atoms with E-state index >= 15 is 0 Å². The van der Waals surface area contributed by atoms with Gasteiger partial charge in [-0.15, -0.1) is 0 Å². The van der Waals surface area contributed by atoms with E-state index < -0.39 is 10.0 Å². The number of nitrogens with zero attached hydrogens (tertiary/aromatic N) is 3. The second-order valence-corrected chi connectivity index (χ2v) is 12.7. The zero-order valence-electron chi connectivity index (χ0n) is 20.4. The number of carbonyl (C=O) groups is 1. The van der Waals surface area contributed by atoms with Crippen LogP contribution in [0.3, 0.4) is 0 Å². The predicted octanol–water partition coefficient (Wildman–Crippen LogP) is 4.76. The quantitative estimate of drug-likeness (QED) is 0.548. The first-order chi connectivity index (χ1) is 16.9. The van der Waals surface area contributed by atoms with Gasteiger partial charge in [-0.3, -0.25) is 4.79 Å². The van der Waals surface area contributed by atoms with Crippen LogP contribution in [0.2, 0.25) is 5.02 Å². The van der Waals surface area contributed by atoms with Crippen LogP contribution in [0.5, 0.6) is 0 Å². The fraction of sp³-hybridized carbons (Fsp3) is 0.593. The summed E-state index contributed by atoms with van der Waals surface area (Å²) >= 11 is 6.05. The number of hydrogen-bond acceptors (Lipinski definition) is 4. The molecule has 0 spiro atoms. The van der Waals surface area contributed by atoms with E-state index in [-0.39, 0.29) is 16.7 Å². The van der Waals surface area contributed by atoms with Gasteiger partial charge in [0.15, 0.2) is 0 Å². The van der Waals surface area contributed by atoms with Crippen molar-refractivity contribution in [3.63, 3.8) is 0 Å². The van der Waals surface area contributed by atoms with Crippen LogP contribution in [0.4, 0.5) is 0 Å². The van der Waals surface area contributed by atoms with Gasteiger partial charge < -0.3 is 9.80 Å². The van der Waals surface area contributed by atoms with Gasteiger partial charge in [-0.05, 0) is 73.8 Å². The van der Waals surface area contributed by atoms with Crippen LogP contribution in [0.1, 0.15) is 51.4 Å². The average molecular weight is 518 g/mol. The third kappa shape index (κ3) is 5.53. The molecule has 0 aromatic heterocycles. The van der Waals surface area contributed by atoms with Crippen molar-refractivity contribution in [3.05, 3.63) is 41.4 Å². The number of hydrogen-bond donors (Lipinski definition) is 0. The Labute approximate surface area is 214 Å². The number of likely N-dealkylation sites (tertiary alicyclic amines) is 1. The number of halogens is 1. The van der Waals surface area contributed by atoms with Crippen LogP contribution in [0.25, 0.3) is 10.8 Å². The average Bonchev–Trinajstić information content (AvgIpc) is 3.18. The van der Waals surface area contributed by atoms with Crippen molar-refractivity contribution in [3.8, 4) is 0 Å².